The largest absolute Gasteiger partial charge is 0.261 e. The van der Waals surface area contributed by atoms with Gasteiger partial charge in [-0.15, -0.1) is 11.6 Å². The molecule has 0 aromatic heterocycles. The normalized spacial score (nSPS) is 11.6. The maximum Gasteiger partial charge on any atom is 0.261 e. The van der Waals surface area contributed by atoms with E-state index in [0.29, 0.717) is 10.6 Å². The van der Waals surface area contributed by atoms with Crippen molar-refractivity contribution < 1.29 is 8.42 Å². The van der Waals surface area contributed by atoms with Crippen molar-refractivity contribution in [2.75, 3.05) is 0 Å². The fourth-order valence-corrected chi connectivity index (χ4v) is 2.14. The van der Waals surface area contributed by atoms with Crippen LogP contribution < -0.4 is 0 Å². The van der Waals surface area contributed by atoms with Gasteiger partial charge in [0, 0.05) is 21.6 Å². The zero-order chi connectivity index (χ0) is 10.1. The van der Waals surface area contributed by atoms with Crippen LogP contribution >= 0.6 is 33.9 Å². The molecule has 0 fully saturated rings. The van der Waals surface area contributed by atoms with Crippen molar-refractivity contribution in [3.05, 3.63) is 28.8 Å². The summed E-state index contributed by atoms with van der Waals surface area (Å²) in [5, 5.41) is 0.303. The lowest BCUT2D eigenvalue weighted by molar-refractivity contribution is 0.609. The molecule has 0 atom stereocenters. The lowest BCUT2D eigenvalue weighted by atomic mass is 10.2. The Morgan fingerprint density at radius 3 is 2.31 bits per heavy atom. The Labute approximate surface area is 90.8 Å². The zero-order valence-electron chi connectivity index (χ0n) is 6.30. The van der Waals surface area contributed by atoms with Crippen LogP contribution in [0, 0.1) is 0 Å². The second-order valence-corrected chi connectivity index (χ2v) is 5.64. The molecule has 0 aliphatic rings. The van der Waals surface area contributed by atoms with Gasteiger partial charge in [-0.05, 0) is 23.8 Å². The summed E-state index contributed by atoms with van der Waals surface area (Å²) in [6.07, 6.45) is 0. The lowest BCUT2D eigenvalue weighted by Gasteiger charge is -2.00. The summed E-state index contributed by atoms with van der Waals surface area (Å²) < 4.78 is 21.8. The molecule has 0 heterocycles. The Morgan fingerprint density at radius 1 is 1.23 bits per heavy atom. The Hall–Kier alpha value is 0.0400. The highest BCUT2D eigenvalue weighted by Gasteiger charge is 2.11. The van der Waals surface area contributed by atoms with Crippen LogP contribution in [0.5, 0.6) is 0 Å². The Kier molecular flexibility index (Phi) is 3.46. The molecule has 1 rings (SSSR count). The van der Waals surface area contributed by atoms with Gasteiger partial charge in [0.25, 0.3) is 9.05 Å². The highest BCUT2D eigenvalue weighted by atomic mass is 35.7. The van der Waals surface area contributed by atoms with E-state index in [0.717, 1.165) is 0 Å². The predicted octanol–water partition coefficient (Wildman–Crippen LogP) is 3.01. The van der Waals surface area contributed by atoms with Gasteiger partial charge >= 0.3 is 0 Å². The summed E-state index contributed by atoms with van der Waals surface area (Å²) in [7, 11) is 1.40. The zero-order valence-corrected chi connectivity index (χ0v) is 9.38. The van der Waals surface area contributed by atoms with E-state index in [1.807, 2.05) is 0 Å². The minimum atomic E-state index is -3.73. The number of benzene rings is 1. The molecule has 0 aliphatic carbocycles. The molecule has 0 saturated carbocycles. The third kappa shape index (κ3) is 3.02. The van der Waals surface area contributed by atoms with Crippen molar-refractivity contribution >= 4 is 42.9 Å². The van der Waals surface area contributed by atoms with Gasteiger partial charge in [0.1, 0.15) is 0 Å². The number of alkyl halides is 1. The first-order chi connectivity index (χ1) is 5.93. The smallest absolute Gasteiger partial charge is 0.207 e. The summed E-state index contributed by atoms with van der Waals surface area (Å²) in [4.78, 5) is -0.0303. The third-order valence-corrected chi connectivity index (χ3v) is 3.23. The topological polar surface area (TPSA) is 34.1 Å². The minimum absolute atomic E-state index is 0.0303. The quantitative estimate of drug-likeness (QED) is 0.604. The number of rotatable bonds is 2. The van der Waals surface area contributed by atoms with E-state index in [2.05, 4.69) is 0 Å². The predicted molar refractivity (Wildman–Crippen MR) is 54.0 cm³/mol. The molecule has 2 nitrogen and oxygen atoms in total. The maximum atomic E-state index is 10.9. The molecule has 13 heavy (non-hydrogen) atoms. The summed E-state index contributed by atoms with van der Waals surface area (Å²) in [6, 6.07) is 4.25. The van der Waals surface area contributed by atoms with E-state index in [1.54, 1.807) is 6.07 Å². The SMILES string of the molecule is O=S(=O)(Cl)c1cc(Cl)cc(CCl)c1. The van der Waals surface area contributed by atoms with Crippen molar-refractivity contribution in [2.45, 2.75) is 10.8 Å². The molecular formula is C7H5Cl3O2S. The number of hydrogen-bond donors (Lipinski definition) is 0. The first-order valence-electron chi connectivity index (χ1n) is 3.23. The molecular weight excluding hydrogens is 255 g/mol. The van der Waals surface area contributed by atoms with Gasteiger partial charge in [0.15, 0.2) is 0 Å². The van der Waals surface area contributed by atoms with E-state index < -0.39 is 9.05 Å². The summed E-state index contributed by atoms with van der Waals surface area (Å²) in [5.74, 6) is 0.194. The van der Waals surface area contributed by atoms with E-state index in [1.165, 1.54) is 12.1 Å². The van der Waals surface area contributed by atoms with Crippen LogP contribution in [0.1, 0.15) is 5.56 Å². The first-order valence-corrected chi connectivity index (χ1v) is 6.46. The van der Waals surface area contributed by atoms with Crippen LogP contribution in [0.2, 0.25) is 5.02 Å². The van der Waals surface area contributed by atoms with E-state index in [-0.39, 0.29) is 10.8 Å². The van der Waals surface area contributed by atoms with E-state index >= 15 is 0 Å². The summed E-state index contributed by atoms with van der Waals surface area (Å²) >= 11 is 11.2. The van der Waals surface area contributed by atoms with Gasteiger partial charge in [0.05, 0.1) is 4.90 Å². The molecule has 0 spiro atoms. The highest BCUT2D eigenvalue weighted by Crippen LogP contribution is 2.22. The third-order valence-electron chi connectivity index (χ3n) is 1.37. The highest BCUT2D eigenvalue weighted by molar-refractivity contribution is 8.13. The van der Waals surface area contributed by atoms with Crippen molar-refractivity contribution in [1.82, 2.24) is 0 Å². The molecule has 0 aliphatic heterocycles. The standard InChI is InChI=1S/C7H5Cl3O2S/c8-4-5-1-6(9)3-7(2-5)13(10,11)12/h1-3H,4H2. The van der Waals surface area contributed by atoms with Crippen molar-refractivity contribution in [3.63, 3.8) is 0 Å². The van der Waals surface area contributed by atoms with Crippen molar-refractivity contribution in [1.29, 1.82) is 0 Å². The molecule has 0 N–H and O–H groups in total. The van der Waals surface area contributed by atoms with Crippen LogP contribution in [-0.2, 0) is 14.9 Å². The molecule has 6 heteroatoms. The second-order valence-electron chi connectivity index (χ2n) is 2.37. The van der Waals surface area contributed by atoms with Crippen molar-refractivity contribution in [3.8, 4) is 0 Å². The Balaban J connectivity index is 3.33. The number of hydrogen-bond acceptors (Lipinski definition) is 2. The van der Waals surface area contributed by atoms with E-state index in [9.17, 15) is 8.42 Å². The first kappa shape index (κ1) is 11.1. The number of halogens is 3. The van der Waals surface area contributed by atoms with Crippen LogP contribution in [-0.4, -0.2) is 8.42 Å². The molecule has 72 valence electrons. The Bertz CT molecular complexity index is 414. The molecule has 1 aromatic carbocycles. The van der Waals surface area contributed by atoms with Gasteiger partial charge in [-0.1, -0.05) is 11.6 Å². The van der Waals surface area contributed by atoms with Crippen LogP contribution in [0.15, 0.2) is 23.1 Å². The summed E-state index contributed by atoms with van der Waals surface area (Å²) in [5.41, 5.74) is 0.619. The molecule has 0 unspecified atom stereocenters. The summed E-state index contributed by atoms with van der Waals surface area (Å²) in [6.45, 7) is 0. The fourth-order valence-electron chi connectivity index (χ4n) is 0.839. The van der Waals surface area contributed by atoms with Crippen LogP contribution in [0.3, 0.4) is 0 Å². The Morgan fingerprint density at radius 2 is 1.85 bits per heavy atom. The minimum Gasteiger partial charge on any atom is -0.207 e. The monoisotopic (exact) mass is 258 g/mol. The molecule has 0 amide bonds. The van der Waals surface area contributed by atoms with Gasteiger partial charge in [0.2, 0.25) is 0 Å². The molecule has 0 bridgehead atoms. The van der Waals surface area contributed by atoms with E-state index in [4.69, 9.17) is 33.9 Å². The molecule has 0 radical (unpaired) electrons. The lowest BCUT2D eigenvalue weighted by Crippen LogP contribution is -1.92. The molecule has 0 saturated heterocycles. The van der Waals surface area contributed by atoms with Crippen LogP contribution in [0.4, 0.5) is 0 Å². The van der Waals surface area contributed by atoms with Gasteiger partial charge in [-0.3, -0.25) is 0 Å². The van der Waals surface area contributed by atoms with Gasteiger partial charge in [-0.2, -0.15) is 0 Å². The second kappa shape index (κ2) is 4.05. The van der Waals surface area contributed by atoms with Crippen molar-refractivity contribution in [2.24, 2.45) is 0 Å². The van der Waals surface area contributed by atoms with Gasteiger partial charge in [-0.25, -0.2) is 8.42 Å². The average molecular weight is 260 g/mol. The maximum absolute atomic E-state index is 10.9. The molecule has 1 aromatic rings. The average Bonchev–Trinajstić information content (AvgIpc) is 2.01. The van der Waals surface area contributed by atoms with Crippen LogP contribution in [0.25, 0.3) is 0 Å². The fraction of sp³-hybridized carbons (Fsp3) is 0.143. The van der Waals surface area contributed by atoms with Gasteiger partial charge < -0.3 is 0 Å².